The van der Waals surface area contributed by atoms with Gasteiger partial charge in [-0.15, -0.1) is 0 Å². The molecule has 1 N–H and O–H groups in total. The Balaban J connectivity index is 1.77. The number of benzene rings is 2. The lowest BCUT2D eigenvalue weighted by Gasteiger charge is -2.19. The highest BCUT2D eigenvalue weighted by Crippen LogP contribution is 2.34. The minimum absolute atomic E-state index is 0.0323. The van der Waals surface area contributed by atoms with Crippen LogP contribution in [-0.2, 0) is 22.2 Å². The van der Waals surface area contributed by atoms with E-state index in [-0.39, 0.29) is 30.5 Å². The molecule has 0 bridgehead atoms. The minimum atomic E-state index is -4.49. The Morgan fingerprint density at radius 2 is 1.93 bits per heavy atom. The first-order valence-electron chi connectivity index (χ1n) is 9.07. The molecule has 0 spiro atoms. The third-order valence-corrected chi connectivity index (χ3v) is 4.97. The summed E-state index contributed by atoms with van der Waals surface area (Å²) < 4.78 is 38.8. The maximum atomic E-state index is 12.9. The molecule has 0 aliphatic carbocycles. The Morgan fingerprint density at radius 3 is 2.61 bits per heavy atom. The molecule has 1 heterocycles. The predicted molar refractivity (Wildman–Crippen MR) is 101 cm³/mol. The lowest BCUT2D eigenvalue weighted by atomic mass is 10.0. The molecule has 0 unspecified atom stereocenters. The van der Waals surface area contributed by atoms with Crippen molar-refractivity contribution in [3.05, 3.63) is 59.2 Å². The number of nitrogens with zero attached hydrogens (tertiary/aromatic N) is 1. The van der Waals surface area contributed by atoms with Crippen molar-refractivity contribution in [2.24, 2.45) is 5.92 Å². The Morgan fingerprint density at radius 1 is 1.21 bits per heavy atom. The number of amides is 2. The molecule has 148 valence electrons. The van der Waals surface area contributed by atoms with Crippen LogP contribution in [0.15, 0.2) is 42.5 Å². The number of aryl methyl sites for hydroxylation is 2. The van der Waals surface area contributed by atoms with Crippen LogP contribution < -0.4 is 10.2 Å². The number of carbonyl (C=O) groups is 2. The van der Waals surface area contributed by atoms with Crippen molar-refractivity contribution in [2.45, 2.75) is 32.9 Å². The number of alkyl halides is 3. The van der Waals surface area contributed by atoms with Gasteiger partial charge in [0.2, 0.25) is 11.8 Å². The second kappa shape index (κ2) is 7.66. The van der Waals surface area contributed by atoms with Crippen molar-refractivity contribution in [2.75, 3.05) is 16.8 Å². The van der Waals surface area contributed by atoms with Gasteiger partial charge in [-0.3, -0.25) is 9.59 Å². The van der Waals surface area contributed by atoms with Crippen molar-refractivity contribution in [1.82, 2.24) is 0 Å². The predicted octanol–water partition coefficient (Wildman–Crippen LogP) is 4.57. The van der Waals surface area contributed by atoms with Crippen LogP contribution in [0.1, 0.15) is 30.0 Å². The standard InChI is InChI=1S/C21H21F3N2O2/c1-3-14-7-4-6-13(2)19(14)25-20(28)15-10-18(27)26(12-15)17-9-5-8-16(11-17)21(22,23)24/h4-9,11,15H,3,10,12H2,1-2H3,(H,25,28)/t15-/m1/s1. The van der Waals surface area contributed by atoms with E-state index in [2.05, 4.69) is 5.32 Å². The number of nitrogens with one attached hydrogen (secondary N) is 1. The van der Waals surface area contributed by atoms with Gasteiger partial charge >= 0.3 is 6.18 Å². The normalized spacial score (nSPS) is 17.1. The third kappa shape index (κ3) is 4.03. The first-order valence-corrected chi connectivity index (χ1v) is 9.07. The summed E-state index contributed by atoms with van der Waals surface area (Å²) in [6.07, 6.45) is -3.77. The van der Waals surface area contributed by atoms with E-state index < -0.39 is 17.7 Å². The lowest BCUT2D eigenvalue weighted by molar-refractivity contribution is -0.137. The van der Waals surface area contributed by atoms with Gasteiger partial charge in [0.15, 0.2) is 0 Å². The van der Waals surface area contributed by atoms with Gasteiger partial charge in [-0.25, -0.2) is 0 Å². The zero-order valence-electron chi connectivity index (χ0n) is 15.6. The van der Waals surface area contributed by atoms with Crippen LogP contribution in [0.4, 0.5) is 24.5 Å². The fourth-order valence-corrected chi connectivity index (χ4v) is 3.41. The van der Waals surface area contributed by atoms with Crippen molar-refractivity contribution >= 4 is 23.2 Å². The molecule has 2 amide bonds. The Labute approximate surface area is 161 Å². The molecule has 2 aromatic carbocycles. The van der Waals surface area contributed by atoms with Crippen LogP contribution in [0.25, 0.3) is 0 Å². The average molecular weight is 390 g/mol. The SMILES string of the molecule is CCc1cccc(C)c1NC(=O)[C@@H]1CC(=O)N(c2cccc(C(F)(F)F)c2)C1. The van der Waals surface area contributed by atoms with Gasteiger partial charge in [0.1, 0.15) is 0 Å². The molecule has 1 aliphatic heterocycles. The van der Waals surface area contributed by atoms with Gasteiger partial charge in [-0.1, -0.05) is 31.2 Å². The summed E-state index contributed by atoms with van der Waals surface area (Å²) >= 11 is 0. The summed E-state index contributed by atoms with van der Waals surface area (Å²) in [7, 11) is 0. The van der Waals surface area contributed by atoms with Crippen molar-refractivity contribution in [3.8, 4) is 0 Å². The first-order chi connectivity index (χ1) is 13.2. The summed E-state index contributed by atoms with van der Waals surface area (Å²) in [5.41, 5.74) is 1.98. The van der Waals surface area contributed by atoms with E-state index in [0.29, 0.717) is 0 Å². The largest absolute Gasteiger partial charge is 0.416 e. The molecule has 4 nitrogen and oxygen atoms in total. The van der Waals surface area contributed by atoms with Crippen LogP contribution in [0.3, 0.4) is 0 Å². The molecule has 1 fully saturated rings. The number of hydrogen-bond acceptors (Lipinski definition) is 2. The van der Waals surface area contributed by atoms with E-state index in [1.165, 1.54) is 17.0 Å². The summed E-state index contributed by atoms with van der Waals surface area (Å²) in [6.45, 7) is 3.93. The number of carbonyl (C=O) groups excluding carboxylic acids is 2. The van der Waals surface area contributed by atoms with Gasteiger partial charge in [-0.2, -0.15) is 13.2 Å². The highest BCUT2D eigenvalue weighted by Gasteiger charge is 2.37. The second-order valence-corrected chi connectivity index (χ2v) is 6.91. The molecule has 28 heavy (non-hydrogen) atoms. The van der Waals surface area contributed by atoms with E-state index >= 15 is 0 Å². The van der Waals surface area contributed by atoms with Crippen LogP contribution in [0, 0.1) is 12.8 Å². The summed E-state index contributed by atoms with van der Waals surface area (Å²) in [5, 5.41) is 2.90. The molecular formula is C21H21F3N2O2. The average Bonchev–Trinajstić information content (AvgIpc) is 3.04. The smallest absolute Gasteiger partial charge is 0.325 e. The van der Waals surface area contributed by atoms with Gasteiger partial charge in [-0.05, 0) is 42.7 Å². The summed E-state index contributed by atoms with van der Waals surface area (Å²) in [5.74, 6) is -1.28. The number of hydrogen-bond donors (Lipinski definition) is 1. The molecule has 1 atom stereocenters. The lowest BCUT2D eigenvalue weighted by Crippen LogP contribution is -2.28. The van der Waals surface area contributed by atoms with Crippen LogP contribution >= 0.6 is 0 Å². The topological polar surface area (TPSA) is 49.4 Å². The highest BCUT2D eigenvalue weighted by molar-refractivity contribution is 6.04. The van der Waals surface area contributed by atoms with Gasteiger partial charge in [0.05, 0.1) is 11.5 Å². The summed E-state index contributed by atoms with van der Waals surface area (Å²) in [6, 6.07) is 10.3. The Kier molecular flexibility index (Phi) is 5.45. The van der Waals surface area contributed by atoms with Crippen LogP contribution in [0.2, 0.25) is 0 Å². The van der Waals surface area contributed by atoms with E-state index in [1.807, 2.05) is 32.0 Å². The third-order valence-electron chi connectivity index (χ3n) is 4.97. The Bertz CT molecular complexity index is 909. The van der Waals surface area contributed by atoms with E-state index in [9.17, 15) is 22.8 Å². The zero-order valence-corrected chi connectivity index (χ0v) is 15.6. The maximum Gasteiger partial charge on any atom is 0.416 e. The molecule has 1 saturated heterocycles. The monoisotopic (exact) mass is 390 g/mol. The molecule has 0 saturated carbocycles. The molecule has 7 heteroatoms. The maximum absolute atomic E-state index is 12.9. The van der Waals surface area contributed by atoms with E-state index in [1.54, 1.807) is 0 Å². The number of rotatable bonds is 4. The molecule has 2 aromatic rings. The van der Waals surface area contributed by atoms with Crippen LogP contribution in [0.5, 0.6) is 0 Å². The van der Waals surface area contributed by atoms with Crippen molar-refractivity contribution in [1.29, 1.82) is 0 Å². The molecule has 0 radical (unpaired) electrons. The minimum Gasteiger partial charge on any atom is -0.325 e. The van der Waals surface area contributed by atoms with Gasteiger partial charge < -0.3 is 10.2 Å². The van der Waals surface area contributed by atoms with Crippen molar-refractivity contribution in [3.63, 3.8) is 0 Å². The summed E-state index contributed by atoms with van der Waals surface area (Å²) in [4.78, 5) is 26.3. The zero-order chi connectivity index (χ0) is 20.5. The fraction of sp³-hybridized carbons (Fsp3) is 0.333. The van der Waals surface area contributed by atoms with Crippen LogP contribution in [-0.4, -0.2) is 18.4 Å². The highest BCUT2D eigenvalue weighted by atomic mass is 19.4. The number of anilines is 2. The molecule has 3 rings (SSSR count). The fourth-order valence-electron chi connectivity index (χ4n) is 3.41. The van der Waals surface area contributed by atoms with E-state index in [0.717, 1.165) is 35.4 Å². The van der Waals surface area contributed by atoms with Crippen molar-refractivity contribution < 1.29 is 22.8 Å². The van der Waals surface area contributed by atoms with Gasteiger partial charge in [0.25, 0.3) is 0 Å². The quantitative estimate of drug-likeness (QED) is 0.832. The number of halogens is 3. The van der Waals surface area contributed by atoms with Gasteiger partial charge in [0, 0.05) is 24.3 Å². The second-order valence-electron chi connectivity index (χ2n) is 6.91. The molecule has 1 aliphatic rings. The molecule has 0 aromatic heterocycles. The number of para-hydroxylation sites is 1. The molecular weight excluding hydrogens is 369 g/mol. The first kappa shape index (κ1) is 19.9. The Hall–Kier alpha value is -2.83. The van der Waals surface area contributed by atoms with E-state index in [4.69, 9.17) is 0 Å².